The lowest BCUT2D eigenvalue weighted by Gasteiger charge is -2.23. The van der Waals surface area contributed by atoms with Crippen molar-refractivity contribution in [1.82, 2.24) is 0 Å². The van der Waals surface area contributed by atoms with Crippen molar-refractivity contribution in [3.63, 3.8) is 0 Å². The van der Waals surface area contributed by atoms with Gasteiger partial charge in [-0.3, -0.25) is 0 Å². The van der Waals surface area contributed by atoms with Crippen molar-refractivity contribution < 1.29 is 0 Å². The Morgan fingerprint density at radius 3 is 2.14 bits per heavy atom. The predicted molar refractivity (Wildman–Crippen MR) is 68.2 cm³/mol. The van der Waals surface area contributed by atoms with Crippen LogP contribution < -0.4 is 4.90 Å². The van der Waals surface area contributed by atoms with E-state index in [1.807, 2.05) is 0 Å². The lowest BCUT2D eigenvalue weighted by molar-refractivity contribution is 0.775. The second-order valence-corrected chi connectivity index (χ2v) is 6.06. The lowest BCUT2D eigenvalue weighted by atomic mass is 9.96. The molecule has 1 nitrogen and oxygen atoms in total. The fourth-order valence-corrected chi connectivity index (χ4v) is 1.97. The number of hydrogen-bond donors (Lipinski definition) is 0. The molecule has 0 spiro atoms. The highest BCUT2D eigenvalue weighted by molar-refractivity contribution is 7.18. The van der Waals surface area contributed by atoms with Crippen molar-refractivity contribution in [3.8, 4) is 0 Å². The van der Waals surface area contributed by atoms with E-state index in [9.17, 15) is 0 Å². The van der Waals surface area contributed by atoms with Crippen molar-refractivity contribution in [2.75, 3.05) is 19.0 Å². The fraction of sp³-hybridized carbons (Fsp3) is 0.500. The molecule has 0 radical (unpaired) electrons. The van der Waals surface area contributed by atoms with Crippen molar-refractivity contribution >= 4 is 14.9 Å². The highest BCUT2D eigenvalue weighted by Gasteiger charge is 2.16. The first-order valence-electron chi connectivity index (χ1n) is 4.89. The summed E-state index contributed by atoms with van der Waals surface area (Å²) in [5.41, 5.74) is 4.02. The monoisotopic (exact) mass is 209 g/mol. The molecule has 0 saturated carbocycles. The van der Waals surface area contributed by atoms with Crippen LogP contribution in [0, 0.1) is 6.92 Å². The minimum atomic E-state index is 0.162. The standard InChI is InChI=1S/C12H20NP/c1-9-8-10(13(4)5)6-7-11(9)12(2,3)14/h6-8H,14H2,1-5H3. The molecule has 0 N–H and O–H groups in total. The van der Waals surface area contributed by atoms with Crippen LogP contribution in [0.5, 0.6) is 0 Å². The maximum Gasteiger partial charge on any atom is 0.0363 e. The van der Waals surface area contributed by atoms with Gasteiger partial charge in [-0.25, -0.2) is 0 Å². The maximum absolute atomic E-state index is 2.89. The van der Waals surface area contributed by atoms with Crippen molar-refractivity contribution in [3.05, 3.63) is 29.3 Å². The Morgan fingerprint density at radius 2 is 1.79 bits per heavy atom. The van der Waals surface area contributed by atoms with E-state index in [0.717, 1.165) is 0 Å². The average Bonchev–Trinajstić information content (AvgIpc) is 2.01. The van der Waals surface area contributed by atoms with Crippen LogP contribution in [0.25, 0.3) is 0 Å². The van der Waals surface area contributed by atoms with Gasteiger partial charge in [0.2, 0.25) is 0 Å². The molecule has 1 rings (SSSR count). The van der Waals surface area contributed by atoms with Crippen LogP contribution in [-0.2, 0) is 5.16 Å². The van der Waals surface area contributed by atoms with E-state index >= 15 is 0 Å². The molecular formula is C12H20NP. The number of rotatable bonds is 2. The Balaban J connectivity index is 3.15. The molecule has 1 unspecified atom stereocenters. The van der Waals surface area contributed by atoms with Crippen LogP contribution in [0.3, 0.4) is 0 Å². The molecule has 0 aliphatic rings. The first-order chi connectivity index (χ1) is 6.32. The average molecular weight is 209 g/mol. The Labute approximate surface area is 89.7 Å². The topological polar surface area (TPSA) is 3.24 Å². The molecule has 78 valence electrons. The van der Waals surface area contributed by atoms with Crippen LogP contribution in [0.2, 0.25) is 0 Å². The van der Waals surface area contributed by atoms with Gasteiger partial charge in [0.15, 0.2) is 0 Å². The normalized spacial score (nSPS) is 11.6. The van der Waals surface area contributed by atoms with Gasteiger partial charge in [0.25, 0.3) is 0 Å². The molecule has 0 bridgehead atoms. The van der Waals surface area contributed by atoms with Crippen LogP contribution in [-0.4, -0.2) is 14.1 Å². The van der Waals surface area contributed by atoms with Crippen LogP contribution in [0.4, 0.5) is 5.69 Å². The summed E-state index contributed by atoms with van der Waals surface area (Å²) in [5, 5.41) is 0.162. The molecule has 0 aliphatic carbocycles. The van der Waals surface area contributed by atoms with Crippen LogP contribution >= 0.6 is 9.24 Å². The first-order valence-corrected chi connectivity index (χ1v) is 5.47. The largest absolute Gasteiger partial charge is 0.378 e. The van der Waals surface area contributed by atoms with Gasteiger partial charge >= 0.3 is 0 Å². The van der Waals surface area contributed by atoms with Crippen molar-refractivity contribution in [1.29, 1.82) is 0 Å². The maximum atomic E-state index is 2.89. The fourth-order valence-electron chi connectivity index (χ4n) is 1.65. The van der Waals surface area contributed by atoms with E-state index in [1.54, 1.807) is 0 Å². The zero-order chi connectivity index (χ0) is 10.9. The smallest absolute Gasteiger partial charge is 0.0363 e. The Morgan fingerprint density at radius 1 is 1.21 bits per heavy atom. The summed E-state index contributed by atoms with van der Waals surface area (Å²) >= 11 is 0. The summed E-state index contributed by atoms with van der Waals surface area (Å²) in [4.78, 5) is 2.13. The number of nitrogens with zero attached hydrogens (tertiary/aromatic N) is 1. The minimum Gasteiger partial charge on any atom is -0.378 e. The van der Waals surface area contributed by atoms with Crippen LogP contribution in [0.1, 0.15) is 25.0 Å². The van der Waals surface area contributed by atoms with Gasteiger partial charge in [-0.05, 0) is 30.2 Å². The summed E-state index contributed by atoms with van der Waals surface area (Å²) in [5.74, 6) is 0. The molecule has 0 saturated heterocycles. The molecule has 0 amide bonds. The van der Waals surface area contributed by atoms with Gasteiger partial charge in [0.1, 0.15) is 0 Å². The van der Waals surface area contributed by atoms with Gasteiger partial charge in [-0.1, -0.05) is 19.9 Å². The number of hydrogen-bond acceptors (Lipinski definition) is 1. The van der Waals surface area contributed by atoms with Gasteiger partial charge in [-0.15, -0.1) is 9.24 Å². The quantitative estimate of drug-likeness (QED) is 0.676. The van der Waals surface area contributed by atoms with E-state index in [-0.39, 0.29) is 5.16 Å². The summed E-state index contributed by atoms with van der Waals surface area (Å²) in [7, 11) is 7.03. The molecule has 0 aromatic heterocycles. The number of aryl methyl sites for hydroxylation is 1. The third-order valence-electron chi connectivity index (χ3n) is 2.42. The highest BCUT2D eigenvalue weighted by atomic mass is 31.0. The molecule has 0 heterocycles. The zero-order valence-corrected chi connectivity index (χ0v) is 10.9. The van der Waals surface area contributed by atoms with Gasteiger partial charge in [-0.2, -0.15) is 0 Å². The number of benzene rings is 1. The first kappa shape index (κ1) is 11.5. The van der Waals surface area contributed by atoms with Crippen LogP contribution in [0.15, 0.2) is 18.2 Å². The SMILES string of the molecule is Cc1cc(N(C)C)ccc1C(C)(C)P. The third kappa shape index (κ3) is 2.48. The zero-order valence-electron chi connectivity index (χ0n) is 9.76. The third-order valence-corrected chi connectivity index (χ3v) is 2.73. The molecule has 1 atom stereocenters. The number of anilines is 1. The summed E-state index contributed by atoms with van der Waals surface area (Å²) in [6, 6.07) is 6.63. The van der Waals surface area contributed by atoms with Gasteiger partial charge < -0.3 is 4.90 Å². The predicted octanol–water partition coefficient (Wildman–Crippen LogP) is 3.17. The Kier molecular flexibility index (Phi) is 3.21. The summed E-state index contributed by atoms with van der Waals surface area (Å²) in [6.45, 7) is 6.61. The Bertz CT molecular complexity index is 324. The van der Waals surface area contributed by atoms with E-state index in [0.29, 0.717) is 0 Å². The summed E-state index contributed by atoms with van der Waals surface area (Å²) < 4.78 is 0. The van der Waals surface area contributed by atoms with E-state index in [4.69, 9.17) is 0 Å². The van der Waals surface area contributed by atoms with E-state index in [2.05, 4.69) is 67.2 Å². The molecule has 1 aromatic carbocycles. The Hall–Kier alpha value is -0.550. The van der Waals surface area contributed by atoms with Crippen molar-refractivity contribution in [2.24, 2.45) is 0 Å². The summed E-state index contributed by atoms with van der Waals surface area (Å²) in [6.07, 6.45) is 0. The second kappa shape index (κ2) is 3.90. The molecule has 14 heavy (non-hydrogen) atoms. The highest BCUT2D eigenvalue weighted by Crippen LogP contribution is 2.33. The second-order valence-electron chi connectivity index (χ2n) is 4.62. The van der Waals surface area contributed by atoms with Gasteiger partial charge in [0, 0.05) is 24.9 Å². The van der Waals surface area contributed by atoms with E-state index < -0.39 is 0 Å². The molecule has 2 heteroatoms. The molecule has 0 fully saturated rings. The minimum absolute atomic E-state index is 0.162. The molecule has 1 aromatic rings. The van der Waals surface area contributed by atoms with E-state index in [1.165, 1.54) is 16.8 Å². The molecular weight excluding hydrogens is 189 g/mol. The lowest BCUT2D eigenvalue weighted by Crippen LogP contribution is -2.12. The van der Waals surface area contributed by atoms with Gasteiger partial charge in [0.05, 0.1) is 0 Å². The van der Waals surface area contributed by atoms with Crippen molar-refractivity contribution in [2.45, 2.75) is 25.9 Å². The molecule has 0 aliphatic heterocycles.